The Hall–Kier alpha value is -0.820. The summed E-state index contributed by atoms with van der Waals surface area (Å²) in [6.45, 7) is 6.84. The molecule has 132 valence electrons. The van der Waals surface area contributed by atoms with Crippen LogP contribution in [0.4, 0.5) is 0 Å². The molecule has 3 fully saturated rings. The van der Waals surface area contributed by atoms with Gasteiger partial charge in [-0.25, -0.2) is 12.7 Å². The molecule has 3 rings (SSSR count). The van der Waals surface area contributed by atoms with E-state index < -0.39 is 10.0 Å². The van der Waals surface area contributed by atoms with Crippen molar-refractivity contribution in [3.63, 3.8) is 0 Å². The van der Waals surface area contributed by atoms with Crippen LogP contribution in [0, 0.1) is 5.41 Å². The first kappa shape index (κ1) is 17.0. The fourth-order valence-corrected chi connectivity index (χ4v) is 5.80. The molecule has 2 saturated heterocycles. The summed E-state index contributed by atoms with van der Waals surface area (Å²) in [5.41, 5.74) is 0.522. The van der Waals surface area contributed by atoms with E-state index >= 15 is 0 Å². The standard InChI is InChI=1S/C16H30N4O2S/c1-2-17-15(18-9-12-20-10-5-13-23(20,21)22)19-11-8-16(14-19)6-3-4-7-16/h2-14H2,1H3,(H,17,18). The van der Waals surface area contributed by atoms with Crippen LogP contribution in [0.5, 0.6) is 0 Å². The number of rotatable bonds is 4. The second kappa shape index (κ2) is 6.97. The average molecular weight is 343 g/mol. The number of hydrogen-bond donors (Lipinski definition) is 1. The SMILES string of the molecule is CCNC(=NCCN1CCCS1(=O)=O)N1CCC2(CCCC2)C1. The zero-order valence-electron chi connectivity index (χ0n) is 14.3. The van der Waals surface area contributed by atoms with Crippen molar-refractivity contribution in [2.45, 2.75) is 45.4 Å². The molecule has 3 aliphatic rings. The molecule has 1 N–H and O–H groups in total. The van der Waals surface area contributed by atoms with E-state index in [9.17, 15) is 8.42 Å². The highest BCUT2D eigenvalue weighted by Crippen LogP contribution is 2.45. The Morgan fingerprint density at radius 2 is 1.96 bits per heavy atom. The highest BCUT2D eigenvalue weighted by atomic mass is 32.2. The van der Waals surface area contributed by atoms with Crippen molar-refractivity contribution >= 4 is 16.0 Å². The summed E-state index contributed by atoms with van der Waals surface area (Å²) in [6.07, 6.45) is 7.48. The summed E-state index contributed by atoms with van der Waals surface area (Å²) in [5, 5.41) is 3.38. The largest absolute Gasteiger partial charge is 0.357 e. The number of sulfonamides is 1. The van der Waals surface area contributed by atoms with Gasteiger partial charge in [-0.15, -0.1) is 0 Å². The fourth-order valence-electron chi connectivity index (χ4n) is 4.28. The monoisotopic (exact) mass is 342 g/mol. The van der Waals surface area contributed by atoms with E-state index in [4.69, 9.17) is 4.99 Å². The number of aliphatic imine (C=N–C) groups is 1. The molecule has 0 unspecified atom stereocenters. The van der Waals surface area contributed by atoms with E-state index in [-0.39, 0.29) is 0 Å². The molecule has 6 nitrogen and oxygen atoms in total. The Kier molecular flexibility index (Phi) is 5.16. The van der Waals surface area contributed by atoms with Crippen LogP contribution in [-0.2, 0) is 10.0 Å². The van der Waals surface area contributed by atoms with Crippen molar-refractivity contribution in [1.29, 1.82) is 0 Å². The smallest absolute Gasteiger partial charge is 0.214 e. The summed E-state index contributed by atoms with van der Waals surface area (Å²) in [5.74, 6) is 1.26. The number of likely N-dealkylation sites (tertiary alicyclic amines) is 1. The van der Waals surface area contributed by atoms with Crippen molar-refractivity contribution in [3.05, 3.63) is 0 Å². The van der Waals surface area contributed by atoms with Crippen LogP contribution < -0.4 is 5.32 Å². The number of guanidine groups is 1. The fraction of sp³-hybridized carbons (Fsp3) is 0.938. The highest BCUT2D eigenvalue weighted by Gasteiger charge is 2.41. The average Bonchev–Trinajstić information content (AvgIpc) is 3.22. The minimum absolute atomic E-state index is 0.297. The topological polar surface area (TPSA) is 65.0 Å². The van der Waals surface area contributed by atoms with E-state index in [2.05, 4.69) is 17.1 Å². The van der Waals surface area contributed by atoms with Gasteiger partial charge in [0.05, 0.1) is 12.3 Å². The van der Waals surface area contributed by atoms with E-state index in [0.717, 1.165) is 32.0 Å². The Morgan fingerprint density at radius 3 is 2.61 bits per heavy atom. The first-order chi connectivity index (χ1) is 11.0. The molecule has 1 aliphatic carbocycles. The molecule has 0 aromatic rings. The zero-order chi connectivity index (χ0) is 16.3. The van der Waals surface area contributed by atoms with Gasteiger partial charge in [0.1, 0.15) is 0 Å². The van der Waals surface area contributed by atoms with Gasteiger partial charge in [0.2, 0.25) is 10.0 Å². The summed E-state index contributed by atoms with van der Waals surface area (Å²) in [4.78, 5) is 7.09. The van der Waals surface area contributed by atoms with Crippen LogP contribution >= 0.6 is 0 Å². The maximum absolute atomic E-state index is 11.8. The van der Waals surface area contributed by atoms with Gasteiger partial charge >= 0.3 is 0 Å². The van der Waals surface area contributed by atoms with Gasteiger partial charge in [0.25, 0.3) is 0 Å². The summed E-state index contributed by atoms with van der Waals surface area (Å²) in [7, 11) is -3.00. The number of nitrogens with one attached hydrogen (secondary N) is 1. The molecule has 0 amide bonds. The van der Waals surface area contributed by atoms with E-state index in [0.29, 0.717) is 30.8 Å². The Morgan fingerprint density at radius 1 is 1.17 bits per heavy atom. The predicted octanol–water partition coefficient (Wildman–Crippen LogP) is 1.25. The van der Waals surface area contributed by atoms with Gasteiger partial charge in [0.15, 0.2) is 5.96 Å². The van der Waals surface area contributed by atoms with Crippen molar-refractivity contribution < 1.29 is 8.42 Å². The maximum atomic E-state index is 11.8. The lowest BCUT2D eigenvalue weighted by Crippen LogP contribution is -2.41. The highest BCUT2D eigenvalue weighted by molar-refractivity contribution is 7.89. The van der Waals surface area contributed by atoms with E-state index in [1.165, 1.54) is 32.1 Å². The quantitative estimate of drug-likeness (QED) is 0.617. The van der Waals surface area contributed by atoms with Crippen molar-refractivity contribution in [1.82, 2.24) is 14.5 Å². The molecule has 0 atom stereocenters. The molecule has 2 heterocycles. The van der Waals surface area contributed by atoms with Gasteiger partial charge < -0.3 is 10.2 Å². The Bertz CT molecular complexity index is 540. The van der Waals surface area contributed by atoms with Crippen molar-refractivity contribution in [2.75, 3.05) is 45.0 Å². The maximum Gasteiger partial charge on any atom is 0.214 e. The van der Waals surface area contributed by atoms with Crippen molar-refractivity contribution in [2.24, 2.45) is 10.4 Å². The zero-order valence-corrected chi connectivity index (χ0v) is 15.1. The molecule has 7 heteroatoms. The lowest BCUT2D eigenvalue weighted by atomic mass is 9.86. The first-order valence-electron chi connectivity index (χ1n) is 9.06. The number of hydrogen-bond acceptors (Lipinski definition) is 3. The van der Waals surface area contributed by atoms with Crippen LogP contribution in [0.1, 0.15) is 45.4 Å². The minimum Gasteiger partial charge on any atom is -0.357 e. The Balaban J connectivity index is 1.58. The summed E-state index contributed by atoms with van der Waals surface area (Å²) < 4.78 is 25.3. The van der Waals surface area contributed by atoms with Crippen molar-refractivity contribution in [3.8, 4) is 0 Å². The molecule has 0 aromatic carbocycles. The van der Waals surface area contributed by atoms with Crippen LogP contribution in [-0.4, -0.2) is 68.6 Å². The minimum atomic E-state index is -3.00. The second-order valence-electron chi connectivity index (χ2n) is 7.18. The van der Waals surface area contributed by atoms with Gasteiger partial charge in [-0.3, -0.25) is 4.99 Å². The summed E-state index contributed by atoms with van der Waals surface area (Å²) in [6, 6.07) is 0. The van der Waals surface area contributed by atoms with E-state index in [1.54, 1.807) is 4.31 Å². The molecule has 23 heavy (non-hydrogen) atoms. The van der Waals surface area contributed by atoms with Gasteiger partial charge in [-0.1, -0.05) is 12.8 Å². The Labute approximate surface area is 140 Å². The van der Waals surface area contributed by atoms with Crippen LogP contribution in [0.2, 0.25) is 0 Å². The van der Waals surface area contributed by atoms with Crippen LogP contribution in [0.15, 0.2) is 4.99 Å². The number of nitrogens with zero attached hydrogens (tertiary/aromatic N) is 3. The molecular weight excluding hydrogens is 312 g/mol. The van der Waals surface area contributed by atoms with Gasteiger partial charge in [0, 0.05) is 32.7 Å². The third-order valence-corrected chi connectivity index (χ3v) is 7.51. The molecule has 2 aliphatic heterocycles. The predicted molar refractivity (Wildman–Crippen MR) is 93.0 cm³/mol. The van der Waals surface area contributed by atoms with E-state index in [1.807, 2.05) is 0 Å². The third-order valence-electron chi connectivity index (χ3n) is 5.55. The lowest BCUT2D eigenvalue weighted by Gasteiger charge is -2.26. The molecule has 0 radical (unpaired) electrons. The summed E-state index contributed by atoms with van der Waals surface area (Å²) >= 11 is 0. The van der Waals surface area contributed by atoms with Crippen LogP contribution in [0.25, 0.3) is 0 Å². The lowest BCUT2D eigenvalue weighted by molar-refractivity contribution is 0.309. The van der Waals surface area contributed by atoms with Gasteiger partial charge in [-0.2, -0.15) is 0 Å². The molecule has 1 spiro atoms. The third kappa shape index (κ3) is 3.82. The normalized spacial score (nSPS) is 27.2. The first-order valence-corrected chi connectivity index (χ1v) is 10.7. The molecule has 0 bridgehead atoms. The molecule has 1 saturated carbocycles. The van der Waals surface area contributed by atoms with Crippen LogP contribution in [0.3, 0.4) is 0 Å². The molecule has 0 aromatic heterocycles. The molecular formula is C16H30N4O2S. The van der Waals surface area contributed by atoms with Gasteiger partial charge in [-0.05, 0) is 38.0 Å². The second-order valence-corrected chi connectivity index (χ2v) is 9.27.